The van der Waals surface area contributed by atoms with Crippen LogP contribution in [-0.4, -0.2) is 41.3 Å². The predicted octanol–water partition coefficient (Wildman–Crippen LogP) is 6.03. The van der Waals surface area contributed by atoms with E-state index in [0.717, 1.165) is 41.2 Å². The number of benzene rings is 2. The maximum atomic E-state index is 11.0. The molecule has 0 aliphatic carbocycles. The van der Waals surface area contributed by atoms with Gasteiger partial charge >= 0.3 is 5.97 Å². The van der Waals surface area contributed by atoms with E-state index in [-0.39, 0.29) is 12.3 Å². The Morgan fingerprint density at radius 3 is 2.71 bits per heavy atom. The lowest BCUT2D eigenvalue weighted by atomic mass is 9.94. The molecule has 0 saturated carbocycles. The van der Waals surface area contributed by atoms with Crippen LogP contribution in [0.2, 0.25) is 0 Å². The average Bonchev–Trinajstić information content (AvgIpc) is 3.22. The molecule has 0 amide bonds. The summed E-state index contributed by atoms with van der Waals surface area (Å²) >= 11 is 1.83. The summed E-state index contributed by atoms with van der Waals surface area (Å²) in [4.78, 5) is 15.4. The molecular formula is C28H31NO5S. The molecule has 1 aliphatic heterocycles. The molecule has 184 valence electrons. The van der Waals surface area contributed by atoms with E-state index < -0.39 is 5.97 Å². The van der Waals surface area contributed by atoms with E-state index in [1.165, 1.54) is 16.7 Å². The Morgan fingerprint density at radius 2 is 1.97 bits per heavy atom. The van der Waals surface area contributed by atoms with Crippen LogP contribution < -0.4 is 14.2 Å². The van der Waals surface area contributed by atoms with Crippen molar-refractivity contribution in [3.63, 3.8) is 0 Å². The van der Waals surface area contributed by atoms with Gasteiger partial charge in [-0.25, -0.2) is 4.98 Å². The standard InChI is InChI=1S/C28H31NO5S/c1-18-10-23(32-8-5-9-35-3)11-19(2)28(18)21-7-4-6-20(12-21)16-34-26-14-25-24(15-29-26)22(17-33-25)13-27(30)31/h4,6-7,10-12,14-15,22H,5,8-9,13,16-17H2,1-3H3,(H,30,31)/t22-/m1/s1. The van der Waals surface area contributed by atoms with Crippen molar-refractivity contribution in [2.24, 2.45) is 0 Å². The third kappa shape index (κ3) is 6.28. The van der Waals surface area contributed by atoms with E-state index in [2.05, 4.69) is 49.4 Å². The van der Waals surface area contributed by atoms with Crippen LogP contribution in [0.5, 0.6) is 17.4 Å². The molecule has 2 heterocycles. The monoisotopic (exact) mass is 493 g/mol. The number of hydrogen-bond donors (Lipinski definition) is 1. The second-order valence-corrected chi connectivity index (χ2v) is 9.77. The third-order valence-electron chi connectivity index (χ3n) is 6.04. The summed E-state index contributed by atoms with van der Waals surface area (Å²) in [5.41, 5.74) is 6.55. The first-order valence-corrected chi connectivity index (χ1v) is 13.1. The lowest BCUT2D eigenvalue weighted by Gasteiger charge is -2.15. The lowest BCUT2D eigenvalue weighted by Crippen LogP contribution is -2.07. The molecule has 4 rings (SSSR count). The number of carboxylic acid groups (broad SMARTS) is 1. The first kappa shape index (κ1) is 24.9. The van der Waals surface area contributed by atoms with Crippen LogP contribution in [0.3, 0.4) is 0 Å². The number of carbonyl (C=O) groups is 1. The van der Waals surface area contributed by atoms with Crippen molar-refractivity contribution in [2.45, 2.75) is 39.2 Å². The Balaban J connectivity index is 1.43. The average molecular weight is 494 g/mol. The van der Waals surface area contributed by atoms with Crippen molar-refractivity contribution in [2.75, 3.05) is 25.2 Å². The maximum Gasteiger partial charge on any atom is 0.304 e. The minimum absolute atomic E-state index is 0.0334. The van der Waals surface area contributed by atoms with Gasteiger partial charge in [0.15, 0.2) is 0 Å². The van der Waals surface area contributed by atoms with Crippen LogP contribution in [0.25, 0.3) is 11.1 Å². The van der Waals surface area contributed by atoms with Crippen LogP contribution in [0.15, 0.2) is 48.7 Å². The van der Waals surface area contributed by atoms with Gasteiger partial charge in [-0.2, -0.15) is 11.8 Å². The highest BCUT2D eigenvalue weighted by atomic mass is 32.2. The molecule has 6 nitrogen and oxygen atoms in total. The molecule has 1 aromatic heterocycles. The van der Waals surface area contributed by atoms with Gasteiger partial charge in [0.1, 0.15) is 18.1 Å². The van der Waals surface area contributed by atoms with Crippen molar-refractivity contribution >= 4 is 17.7 Å². The highest BCUT2D eigenvalue weighted by molar-refractivity contribution is 7.98. The normalized spacial score (nSPS) is 14.3. The van der Waals surface area contributed by atoms with E-state index in [1.807, 2.05) is 23.9 Å². The first-order chi connectivity index (χ1) is 16.9. The zero-order valence-corrected chi connectivity index (χ0v) is 21.2. The molecule has 0 fully saturated rings. The number of rotatable bonds is 11. The van der Waals surface area contributed by atoms with Gasteiger partial charge in [-0.05, 0) is 78.3 Å². The number of nitrogens with zero attached hydrogens (tertiary/aromatic N) is 1. The van der Waals surface area contributed by atoms with E-state index in [0.29, 0.717) is 24.8 Å². The van der Waals surface area contributed by atoms with Crippen molar-refractivity contribution in [1.29, 1.82) is 0 Å². The molecule has 1 atom stereocenters. The van der Waals surface area contributed by atoms with Crippen LogP contribution in [0, 0.1) is 13.8 Å². The Kier molecular flexibility index (Phi) is 8.18. The van der Waals surface area contributed by atoms with Crippen LogP contribution in [0.4, 0.5) is 0 Å². The van der Waals surface area contributed by atoms with Gasteiger partial charge < -0.3 is 19.3 Å². The van der Waals surface area contributed by atoms with Crippen molar-refractivity contribution in [3.05, 3.63) is 70.9 Å². The SMILES string of the molecule is CSCCCOc1cc(C)c(-c2cccc(COc3cc4c(cn3)[C@H](CC(=O)O)CO4)c2)c(C)c1. The third-order valence-corrected chi connectivity index (χ3v) is 6.74. The topological polar surface area (TPSA) is 77.9 Å². The molecular weight excluding hydrogens is 462 g/mol. The van der Waals surface area contributed by atoms with Gasteiger partial charge in [0.25, 0.3) is 0 Å². The number of fused-ring (bicyclic) bond motifs is 1. The molecule has 0 radical (unpaired) electrons. The summed E-state index contributed by atoms with van der Waals surface area (Å²) in [6.07, 6.45) is 4.85. The molecule has 1 N–H and O–H groups in total. The van der Waals surface area contributed by atoms with E-state index in [9.17, 15) is 4.79 Å². The van der Waals surface area contributed by atoms with Gasteiger partial charge in [-0.3, -0.25) is 4.79 Å². The summed E-state index contributed by atoms with van der Waals surface area (Å²) in [6, 6.07) is 14.3. The number of carboxylic acids is 1. The summed E-state index contributed by atoms with van der Waals surface area (Å²) in [6.45, 7) is 5.69. The number of aliphatic carboxylic acids is 1. The second-order valence-electron chi connectivity index (χ2n) is 8.78. The zero-order valence-electron chi connectivity index (χ0n) is 20.4. The fourth-order valence-electron chi connectivity index (χ4n) is 4.43. The van der Waals surface area contributed by atoms with E-state index >= 15 is 0 Å². The highest BCUT2D eigenvalue weighted by Gasteiger charge is 2.27. The molecule has 1 aliphatic rings. The summed E-state index contributed by atoms with van der Waals surface area (Å²) in [5, 5.41) is 9.06. The van der Waals surface area contributed by atoms with Crippen molar-refractivity contribution in [3.8, 4) is 28.5 Å². The molecule has 3 aromatic rings. The molecule has 2 aromatic carbocycles. The van der Waals surface area contributed by atoms with Crippen LogP contribution in [-0.2, 0) is 11.4 Å². The highest BCUT2D eigenvalue weighted by Crippen LogP contribution is 2.37. The largest absolute Gasteiger partial charge is 0.494 e. The van der Waals surface area contributed by atoms with Gasteiger partial charge in [-0.1, -0.05) is 18.2 Å². The maximum absolute atomic E-state index is 11.0. The number of aromatic nitrogens is 1. The summed E-state index contributed by atoms with van der Waals surface area (Å²) in [7, 11) is 0. The van der Waals surface area contributed by atoms with Crippen LogP contribution >= 0.6 is 11.8 Å². The Morgan fingerprint density at radius 1 is 1.17 bits per heavy atom. The summed E-state index contributed by atoms with van der Waals surface area (Å²) in [5.74, 6) is 2.12. The van der Waals surface area contributed by atoms with E-state index in [1.54, 1.807) is 12.3 Å². The van der Waals surface area contributed by atoms with Gasteiger partial charge in [-0.15, -0.1) is 0 Å². The Hall–Kier alpha value is -3.19. The molecule has 0 bridgehead atoms. The van der Waals surface area contributed by atoms with Crippen LogP contribution in [0.1, 0.15) is 41.0 Å². The zero-order chi connectivity index (χ0) is 24.8. The second kappa shape index (κ2) is 11.5. The predicted molar refractivity (Wildman–Crippen MR) is 139 cm³/mol. The van der Waals surface area contributed by atoms with Gasteiger partial charge in [0.2, 0.25) is 5.88 Å². The Bertz CT molecular complexity index is 1170. The summed E-state index contributed by atoms with van der Waals surface area (Å²) < 4.78 is 17.5. The molecule has 35 heavy (non-hydrogen) atoms. The van der Waals surface area contributed by atoms with Crippen molar-refractivity contribution in [1.82, 2.24) is 4.98 Å². The number of ether oxygens (including phenoxy) is 3. The number of pyridine rings is 1. The van der Waals surface area contributed by atoms with E-state index in [4.69, 9.17) is 19.3 Å². The fourth-order valence-corrected chi connectivity index (χ4v) is 4.84. The number of thioether (sulfide) groups is 1. The number of hydrogen-bond acceptors (Lipinski definition) is 6. The number of aryl methyl sites for hydroxylation is 2. The van der Waals surface area contributed by atoms with Gasteiger partial charge in [0.05, 0.1) is 19.6 Å². The minimum atomic E-state index is -0.842. The van der Waals surface area contributed by atoms with Crippen molar-refractivity contribution < 1.29 is 24.1 Å². The fraction of sp³-hybridized carbons (Fsp3) is 0.357. The van der Waals surface area contributed by atoms with Gasteiger partial charge in [0, 0.05) is 23.7 Å². The molecule has 0 unspecified atom stereocenters. The molecule has 7 heteroatoms. The Labute approximate surface area is 210 Å². The first-order valence-electron chi connectivity index (χ1n) is 11.7. The lowest BCUT2D eigenvalue weighted by molar-refractivity contribution is -0.137. The smallest absolute Gasteiger partial charge is 0.304 e. The quantitative estimate of drug-likeness (QED) is 0.327. The molecule has 0 spiro atoms. The molecule has 0 saturated heterocycles. The minimum Gasteiger partial charge on any atom is -0.494 e.